The molecule has 4 nitrogen and oxygen atoms in total. The minimum Gasteiger partial charge on any atom is -0.481 e. The first kappa shape index (κ1) is 16.8. The zero-order valence-corrected chi connectivity index (χ0v) is 14.1. The molecule has 22 heavy (non-hydrogen) atoms. The summed E-state index contributed by atoms with van der Waals surface area (Å²) in [6.07, 6.45) is 1.66. The average molecular weight is 304 g/mol. The zero-order chi connectivity index (χ0) is 16.1. The van der Waals surface area contributed by atoms with Crippen molar-refractivity contribution in [3.8, 4) is 5.75 Å². The van der Waals surface area contributed by atoms with Gasteiger partial charge in [-0.15, -0.1) is 0 Å². The summed E-state index contributed by atoms with van der Waals surface area (Å²) in [4.78, 5) is 12.3. The summed E-state index contributed by atoms with van der Waals surface area (Å²) < 4.78 is 5.96. The van der Waals surface area contributed by atoms with E-state index in [2.05, 4.69) is 36.6 Å². The fourth-order valence-electron chi connectivity index (χ4n) is 2.76. The second-order valence-corrected chi connectivity index (χ2v) is 6.51. The van der Waals surface area contributed by atoms with Crippen LogP contribution in [0.1, 0.15) is 50.7 Å². The van der Waals surface area contributed by atoms with Crippen molar-refractivity contribution in [2.24, 2.45) is 0 Å². The molecule has 1 aromatic rings. The Morgan fingerprint density at radius 2 is 2.14 bits per heavy atom. The largest absolute Gasteiger partial charge is 0.481 e. The van der Waals surface area contributed by atoms with Crippen molar-refractivity contribution in [3.63, 3.8) is 0 Å². The van der Waals surface area contributed by atoms with E-state index in [1.54, 1.807) is 0 Å². The normalized spacial score (nSPS) is 19.8. The maximum atomic E-state index is 12.3. The number of amides is 1. The fraction of sp³-hybridized carbons (Fsp3) is 0.611. The molecule has 1 aromatic carbocycles. The molecule has 1 amide bonds. The van der Waals surface area contributed by atoms with Gasteiger partial charge in [0.15, 0.2) is 6.10 Å². The summed E-state index contributed by atoms with van der Waals surface area (Å²) in [7, 11) is 0. The van der Waals surface area contributed by atoms with E-state index in [1.165, 1.54) is 0 Å². The number of hydrogen-bond donors (Lipinski definition) is 2. The van der Waals surface area contributed by atoms with Gasteiger partial charge >= 0.3 is 0 Å². The second-order valence-electron chi connectivity index (χ2n) is 6.51. The highest BCUT2D eigenvalue weighted by Gasteiger charge is 2.21. The minimum atomic E-state index is -0.485. The highest BCUT2D eigenvalue weighted by molar-refractivity contribution is 5.81. The van der Waals surface area contributed by atoms with E-state index in [4.69, 9.17) is 4.74 Å². The van der Waals surface area contributed by atoms with Crippen molar-refractivity contribution in [2.45, 2.75) is 58.6 Å². The Morgan fingerprint density at radius 3 is 2.77 bits per heavy atom. The van der Waals surface area contributed by atoms with Gasteiger partial charge in [-0.2, -0.15) is 0 Å². The second kappa shape index (κ2) is 7.63. The lowest BCUT2D eigenvalue weighted by Gasteiger charge is -2.26. The molecule has 0 aliphatic carbocycles. The first-order valence-corrected chi connectivity index (χ1v) is 8.25. The van der Waals surface area contributed by atoms with Crippen LogP contribution in [0.5, 0.6) is 5.75 Å². The predicted molar refractivity (Wildman–Crippen MR) is 89.4 cm³/mol. The van der Waals surface area contributed by atoms with Crippen molar-refractivity contribution in [2.75, 3.05) is 13.1 Å². The Balaban J connectivity index is 1.99. The number of hydrogen-bond acceptors (Lipinski definition) is 3. The lowest BCUT2D eigenvalue weighted by molar-refractivity contribution is -0.128. The maximum absolute atomic E-state index is 12.3. The Kier molecular flexibility index (Phi) is 5.83. The molecule has 1 fully saturated rings. The first-order chi connectivity index (χ1) is 10.5. The molecule has 1 aliphatic heterocycles. The van der Waals surface area contributed by atoms with Crippen LogP contribution in [0.15, 0.2) is 18.2 Å². The molecule has 0 aromatic heterocycles. The maximum Gasteiger partial charge on any atom is 0.261 e. The summed E-state index contributed by atoms with van der Waals surface area (Å²) in [5, 5.41) is 6.38. The van der Waals surface area contributed by atoms with Crippen LogP contribution >= 0.6 is 0 Å². The molecule has 2 rings (SSSR count). The highest BCUT2D eigenvalue weighted by atomic mass is 16.5. The van der Waals surface area contributed by atoms with Gasteiger partial charge in [-0.1, -0.05) is 26.0 Å². The smallest absolute Gasteiger partial charge is 0.261 e. The molecular formula is C18H28N2O2. The molecule has 2 atom stereocenters. The number of carbonyl (C=O) groups is 1. The summed E-state index contributed by atoms with van der Waals surface area (Å²) in [6.45, 7) is 10.0. The fourth-order valence-corrected chi connectivity index (χ4v) is 2.76. The Labute approximate surface area is 133 Å². The van der Waals surface area contributed by atoms with Gasteiger partial charge in [0.25, 0.3) is 5.91 Å². The standard InChI is InChI=1S/C18H28N2O2/c1-12(2)16-8-7-13(3)10-17(16)22-14(4)18(21)20-15-6-5-9-19-11-15/h7-8,10,12,14-15,19H,5-6,9,11H2,1-4H3,(H,20,21). The van der Waals surface area contributed by atoms with Crippen LogP contribution in [0.2, 0.25) is 0 Å². The van der Waals surface area contributed by atoms with Crippen LogP contribution in [-0.2, 0) is 4.79 Å². The third kappa shape index (κ3) is 4.47. The Bertz CT molecular complexity index is 508. The Morgan fingerprint density at radius 1 is 1.36 bits per heavy atom. The quantitative estimate of drug-likeness (QED) is 0.879. The number of rotatable bonds is 5. The van der Waals surface area contributed by atoms with Crippen LogP contribution < -0.4 is 15.4 Å². The summed E-state index contributed by atoms with van der Waals surface area (Å²) in [5.74, 6) is 1.15. The van der Waals surface area contributed by atoms with Gasteiger partial charge in [-0.25, -0.2) is 0 Å². The third-order valence-electron chi connectivity index (χ3n) is 4.11. The van der Waals surface area contributed by atoms with E-state index in [0.29, 0.717) is 5.92 Å². The number of benzene rings is 1. The predicted octanol–water partition coefficient (Wildman–Crippen LogP) is 2.75. The highest BCUT2D eigenvalue weighted by Crippen LogP contribution is 2.28. The van der Waals surface area contributed by atoms with Crippen molar-refractivity contribution < 1.29 is 9.53 Å². The topological polar surface area (TPSA) is 50.4 Å². The van der Waals surface area contributed by atoms with Crippen LogP contribution in [0.4, 0.5) is 0 Å². The molecule has 0 radical (unpaired) electrons. The molecule has 0 spiro atoms. The van der Waals surface area contributed by atoms with Crippen molar-refractivity contribution in [3.05, 3.63) is 29.3 Å². The van der Waals surface area contributed by atoms with Gasteiger partial charge in [0.05, 0.1) is 0 Å². The van der Waals surface area contributed by atoms with E-state index < -0.39 is 6.10 Å². The van der Waals surface area contributed by atoms with Crippen molar-refractivity contribution in [1.29, 1.82) is 0 Å². The molecule has 0 saturated carbocycles. The zero-order valence-electron chi connectivity index (χ0n) is 14.1. The summed E-state index contributed by atoms with van der Waals surface area (Å²) in [5.41, 5.74) is 2.29. The SMILES string of the molecule is Cc1ccc(C(C)C)c(OC(C)C(=O)NC2CCCNC2)c1. The van der Waals surface area contributed by atoms with Gasteiger partial charge in [-0.3, -0.25) is 4.79 Å². The van der Waals surface area contributed by atoms with Crippen LogP contribution in [0.3, 0.4) is 0 Å². The lowest BCUT2D eigenvalue weighted by Crippen LogP contribution is -2.49. The first-order valence-electron chi connectivity index (χ1n) is 8.25. The summed E-state index contributed by atoms with van der Waals surface area (Å²) >= 11 is 0. The molecular weight excluding hydrogens is 276 g/mol. The van der Waals surface area contributed by atoms with Gasteiger partial charge in [0, 0.05) is 12.6 Å². The molecule has 0 bridgehead atoms. The van der Waals surface area contributed by atoms with E-state index in [1.807, 2.05) is 19.9 Å². The molecule has 1 aliphatic rings. The van der Waals surface area contributed by atoms with Gasteiger partial charge in [0.2, 0.25) is 0 Å². The lowest BCUT2D eigenvalue weighted by atomic mass is 10.0. The number of nitrogens with one attached hydrogen (secondary N) is 2. The third-order valence-corrected chi connectivity index (χ3v) is 4.11. The van der Waals surface area contributed by atoms with E-state index in [-0.39, 0.29) is 11.9 Å². The Hall–Kier alpha value is -1.55. The molecule has 2 N–H and O–H groups in total. The monoisotopic (exact) mass is 304 g/mol. The molecule has 2 unspecified atom stereocenters. The number of aryl methyl sites for hydroxylation is 1. The van der Waals surface area contributed by atoms with Gasteiger partial charge < -0.3 is 15.4 Å². The van der Waals surface area contributed by atoms with Crippen LogP contribution in [0.25, 0.3) is 0 Å². The summed E-state index contributed by atoms with van der Waals surface area (Å²) in [6, 6.07) is 6.40. The molecule has 122 valence electrons. The number of piperidine rings is 1. The van der Waals surface area contributed by atoms with Crippen LogP contribution in [0, 0.1) is 6.92 Å². The van der Waals surface area contributed by atoms with E-state index >= 15 is 0 Å². The van der Waals surface area contributed by atoms with Gasteiger partial charge in [-0.05, 0) is 56.3 Å². The molecule has 1 heterocycles. The van der Waals surface area contributed by atoms with Gasteiger partial charge in [0.1, 0.15) is 5.75 Å². The van der Waals surface area contributed by atoms with Crippen molar-refractivity contribution >= 4 is 5.91 Å². The van der Waals surface area contributed by atoms with E-state index in [9.17, 15) is 4.79 Å². The minimum absolute atomic E-state index is 0.0371. The van der Waals surface area contributed by atoms with Crippen LogP contribution in [-0.4, -0.2) is 31.1 Å². The number of ether oxygens (including phenoxy) is 1. The average Bonchev–Trinajstić information content (AvgIpc) is 2.48. The van der Waals surface area contributed by atoms with Crippen molar-refractivity contribution in [1.82, 2.24) is 10.6 Å². The molecule has 4 heteroatoms. The number of carbonyl (C=O) groups excluding carboxylic acids is 1. The molecule has 1 saturated heterocycles. The van der Waals surface area contributed by atoms with E-state index in [0.717, 1.165) is 42.8 Å².